The fourth-order valence-corrected chi connectivity index (χ4v) is 2.87. The van der Waals surface area contributed by atoms with Gasteiger partial charge in [-0.3, -0.25) is 0 Å². The van der Waals surface area contributed by atoms with Crippen molar-refractivity contribution in [2.24, 2.45) is 0 Å². The van der Waals surface area contributed by atoms with Gasteiger partial charge in [0.15, 0.2) is 0 Å². The second kappa shape index (κ2) is 8.11. The van der Waals surface area contributed by atoms with Crippen LogP contribution in [0.15, 0.2) is 60.7 Å². The number of benzene rings is 2. The smallest absolute Gasteiger partial charge is 0.0805 e. The lowest BCUT2D eigenvalue weighted by Gasteiger charge is -2.24. The molecule has 0 aliphatic heterocycles. The van der Waals surface area contributed by atoms with Crippen LogP contribution in [0.1, 0.15) is 49.7 Å². The molecule has 2 N–H and O–H groups in total. The van der Waals surface area contributed by atoms with Gasteiger partial charge in [-0.25, -0.2) is 0 Å². The third-order valence-corrected chi connectivity index (χ3v) is 4.37. The van der Waals surface area contributed by atoms with Crippen molar-refractivity contribution in [3.63, 3.8) is 0 Å². The first-order valence-corrected chi connectivity index (χ1v) is 8.04. The van der Waals surface area contributed by atoms with Gasteiger partial charge in [-0.1, -0.05) is 74.5 Å². The largest absolute Gasteiger partial charge is 0.390 e. The van der Waals surface area contributed by atoms with Gasteiger partial charge in [0.05, 0.1) is 12.2 Å². The molecular formula is C20H26O2. The molecule has 0 radical (unpaired) electrons. The van der Waals surface area contributed by atoms with Crippen LogP contribution in [-0.2, 0) is 0 Å². The molecule has 0 bridgehead atoms. The third-order valence-electron chi connectivity index (χ3n) is 4.37. The van der Waals surface area contributed by atoms with Crippen molar-refractivity contribution in [2.75, 3.05) is 0 Å². The first kappa shape index (κ1) is 16.7. The second-order valence-electron chi connectivity index (χ2n) is 6.23. The van der Waals surface area contributed by atoms with E-state index in [9.17, 15) is 10.2 Å². The molecule has 0 heterocycles. The summed E-state index contributed by atoms with van der Waals surface area (Å²) in [5.41, 5.74) is 2.40. The van der Waals surface area contributed by atoms with Crippen molar-refractivity contribution in [2.45, 2.75) is 50.7 Å². The van der Waals surface area contributed by atoms with Crippen LogP contribution in [-0.4, -0.2) is 22.4 Å². The average molecular weight is 298 g/mol. The van der Waals surface area contributed by atoms with Crippen molar-refractivity contribution in [1.29, 1.82) is 0 Å². The molecule has 0 aromatic heterocycles. The molecule has 0 amide bonds. The Morgan fingerprint density at radius 2 is 0.955 bits per heavy atom. The van der Waals surface area contributed by atoms with Crippen molar-refractivity contribution >= 4 is 0 Å². The zero-order chi connectivity index (χ0) is 15.9. The van der Waals surface area contributed by atoms with Gasteiger partial charge >= 0.3 is 0 Å². The van der Waals surface area contributed by atoms with E-state index in [1.54, 1.807) is 0 Å². The Kier molecular flexibility index (Phi) is 6.17. The third kappa shape index (κ3) is 4.69. The minimum atomic E-state index is -0.693. The van der Waals surface area contributed by atoms with Gasteiger partial charge in [0.1, 0.15) is 0 Å². The minimum absolute atomic E-state index is 0.234. The maximum Gasteiger partial charge on any atom is 0.0805 e. The van der Waals surface area contributed by atoms with Crippen LogP contribution in [0.3, 0.4) is 0 Å². The Morgan fingerprint density at radius 1 is 0.636 bits per heavy atom. The zero-order valence-corrected chi connectivity index (χ0v) is 13.4. The monoisotopic (exact) mass is 298 g/mol. The Bertz CT molecular complexity index is 487. The summed E-state index contributed by atoms with van der Waals surface area (Å²) >= 11 is 0. The maximum absolute atomic E-state index is 10.3. The highest BCUT2D eigenvalue weighted by Crippen LogP contribution is 2.26. The molecular weight excluding hydrogens is 272 g/mol. The molecule has 4 atom stereocenters. The molecule has 2 heteroatoms. The molecule has 118 valence electrons. The SMILES string of the molecule is CC(CC(O)C(O)CC(C)c1ccccc1)c1ccccc1. The van der Waals surface area contributed by atoms with E-state index in [1.165, 1.54) is 11.1 Å². The second-order valence-corrected chi connectivity index (χ2v) is 6.23. The number of aliphatic hydroxyl groups is 2. The molecule has 4 unspecified atom stereocenters. The Labute approximate surface area is 133 Å². The molecule has 0 aliphatic carbocycles. The number of hydrogen-bond acceptors (Lipinski definition) is 2. The summed E-state index contributed by atoms with van der Waals surface area (Å²) in [5, 5.41) is 20.6. The lowest BCUT2D eigenvalue weighted by molar-refractivity contribution is 0.00359. The first-order valence-electron chi connectivity index (χ1n) is 8.04. The van der Waals surface area contributed by atoms with Gasteiger partial charge in [-0.05, 0) is 35.8 Å². The molecule has 22 heavy (non-hydrogen) atoms. The Balaban J connectivity index is 1.88. The van der Waals surface area contributed by atoms with Crippen LogP contribution >= 0.6 is 0 Å². The van der Waals surface area contributed by atoms with Gasteiger partial charge in [0.2, 0.25) is 0 Å². The molecule has 0 aliphatic rings. The predicted molar refractivity (Wildman–Crippen MR) is 91.0 cm³/mol. The quantitative estimate of drug-likeness (QED) is 0.808. The summed E-state index contributed by atoms with van der Waals surface area (Å²) in [6, 6.07) is 20.3. The van der Waals surface area contributed by atoms with Crippen molar-refractivity contribution in [1.82, 2.24) is 0 Å². The molecule has 0 saturated carbocycles. The fourth-order valence-electron chi connectivity index (χ4n) is 2.87. The fraction of sp³-hybridized carbons (Fsp3) is 0.400. The maximum atomic E-state index is 10.3. The molecule has 2 aromatic carbocycles. The summed E-state index contributed by atoms with van der Waals surface area (Å²) < 4.78 is 0. The molecule has 2 aromatic rings. The highest BCUT2D eigenvalue weighted by atomic mass is 16.3. The summed E-state index contributed by atoms with van der Waals surface area (Å²) in [4.78, 5) is 0. The first-order chi connectivity index (χ1) is 10.6. The van der Waals surface area contributed by atoms with Crippen LogP contribution in [0.2, 0.25) is 0 Å². The molecule has 0 spiro atoms. The van der Waals surface area contributed by atoms with Crippen molar-refractivity contribution in [3.05, 3.63) is 71.8 Å². The van der Waals surface area contributed by atoms with E-state index < -0.39 is 12.2 Å². The van der Waals surface area contributed by atoms with E-state index in [0.29, 0.717) is 12.8 Å². The molecule has 2 nitrogen and oxygen atoms in total. The standard InChI is InChI=1S/C20H26O2/c1-15(17-9-5-3-6-10-17)13-19(21)20(22)14-16(2)18-11-7-4-8-12-18/h3-12,15-16,19-22H,13-14H2,1-2H3. The molecule has 0 fully saturated rings. The lowest BCUT2D eigenvalue weighted by Crippen LogP contribution is -2.28. The van der Waals surface area contributed by atoms with Gasteiger partial charge in [0, 0.05) is 0 Å². The van der Waals surface area contributed by atoms with Gasteiger partial charge in [-0.2, -0.15) is 0 Å². The highest BCUT2D eigenvalue weighted by molar-refractivity contribution is 5.20. The van der Waals surface area contributed by atoms with Crippen LogP contribution in [0.5, 0.6) is 0 Å². The van der Waals surface area contributed by atoms with Crippen LogP contribution in [0.25, 0.3) is 0 Å². The van der Waals surface area contributed by atoms with Crippen LogP contribution < -0.4 is 0 Å². The van der Waals surface area contributed by atoms with Gasteiger partial charge in [0.25, 0.3) is 0 Å². The van der Waals surface area contributed by atoms with Gasteiger partial charge < -0.3 is 10.2 Å². The number of rotatable bonds is 7. The highest BCUT2D eigenvalue weighted by Gasteiger charge is 2.22. The Hall–Kier alpha value is -1.64. The summed E-state index contributed by atoms with van der Waals surface area (Å²) in [6.45, 7) is 4.18. The lowest BCUT2D eigenvalue weighted by atomic mass is 9.88. The zero-order valence-electron chi connectivity index (χ0n) is 13.4. The minimum Gasteiger partial charge on any atom is -0.390 e. The summed E-state index contributed by atoms with van der Waals surface area (Å²) in [6.07, 6.45) is -0.234. The van der Waals surface area contributed by atoms with E-state index in [2.05, 4.69) is 38.1 Å². The topological polar surface area (TPSA) is 40.5 Å². The van der Waals surface area contributed by atoms with E-state index in [0.717, 1.165) is 0 Å². The normalized spacial score (nSPS) is 16.7. The molecule has 2 rings (SSSR count). The Morgan fingerprint density at radius 3 is 1.27 bits per heavy atom. The van der Waals surface area contributed by atoms with Crippen LogP contribution in [0.4, 0.5) is 0 Å². The van der Waals surface area contributed by atoms with Crippen molar-refractivity contribution < 1.29 is 10.2 Å². The van der Waals surface area contributed by atoms with Crippen LogP contribution in [0, 0.1) is 0 Å². The number of hydrogen-bond donors (Lipinski definition) is 2. The number of aliphatic hydroxyl groups excluding tert-OH is 2. The average Bonchev–Trinajstić information content (AvgIpc) is 2.56. The summed E-state index contributed by atoms with van der Waals surface area (Å²) in [5.74, 6) is 0.468. The van der Waals surface area contributed by atoms with E-state index in [4.69, 9.17) is 0 Å². The van der Waals surface area contributed by atoms with Crippen molar-refractivity contribution in [3.8, 4) is 0 Å². The van der Waals surface area contributed by atoms with E-state index in [-0.39, 0.29) is 11.8 Å². The molecule has 0 saturated heterocycles. The van der Waals surface area contributed by atoms with E-state index in [1.807, 2.05) is 36.4 Å². The van der Waals surface area contributed by atoms with E-state index >= 15 is 0 Å². The summed E-state index contributed by atoms with van der Waals surface area (Å²) in [7, 11) is 0. The van der Waals surface area contributed by atoms with Gasteiger partial charge in [-0.15, -0.1) is 0 Å². The predicted octanol–water partition coefficient (Wildman–Crippen LogP) is 4.10.